The van der Waals surface area contributed by atoms with E-state index >= 15 is 0 Å². The fraction of sp³-hybridized carbons (Fsp3) is 0.300. The first kappa shape index (κ1) is 13.6. The van der Waals surface area contributed by atoms with Gasteiger partial charge in [-0.3, -0.25) is 4.79 Å². The highest BCUT2D eigenvalue weighted by Gasteiger charge is 2.13. The zero-order valence-corrected chi connectivity index (χ0v) is 10.5. The first-order valence-electron chi connectivity index (χ1n) is 4.89. The number of aryl methyl sites for hydroxylation is 1. The molecule has 0 aromatic heterocycles. The minimum Gasteiger partial charge on any atom is -0.325 e. The van der Waals surface area contributed by atoms with E-state index in [9.17, 15) is 13.2 Å². The highest BCUT2D eigenvalue weighted by atomic mass is 32.2. The maximum absolute atomic E-state index is 11.2. The zero-order valence-electron chi connectivity index (χ0n) is 9.65. The topological polar surface area (TPSA) is 115 Å². The van der Waals surface area contributed by atoms with Gasteiger partial charge in [-0.1, -0.05) is 0 Å². The average molecular weight is 257 g/mol. The molecular formula is C10H15N3O3S. The van der Waals surface area contributed by atoms with Crippen molar-refractivity contribution in [2.24, 2.45) is 10.9 Å². The largest absolute Gasteiger partial charge is 0.325 e. The highest BCUT2D eigenvalue weighted by Crippen LogP contribution is 2.23. The number of carbonyl (C=O) groups excluding carboxylic acids is 1. The second kappa shape index (κ2) is 4.82. The van der Waals surface area contributed by atoms with Crippen molar-refractivity contribution in [2.75, 3.05) is 11.9 Å². The Labute approximate surface area is 100 Å². The van der Waals surface area contributed by atoms with Crippen molar-refractivity contribution in [1.29, 1.82) is 0 Å². The summed E-state index contributed by atoms with van der Waals surface area (Å²) in [7, 11) is -3.79. The summed E-state index contributed by atoms with van der Waals surface area (Å²) in [6.07, 6.45) is 0. The number of nitrogens with two attached hydrogens (primary N) is 2. The molecule has 94 valence electrons. The summed E-state index contributed by atoms with van der Waals surface area (Å²) >= 11 is 0. The van der Waals surface area contributed by atoms with Gasteiger partial charge in [-0.25, -0.2) is 13.6 Å². The molecule has 0 unspecified atom stereocenters. The van der Waals surface area contributed by atoms with E-state index in [1.54, 1.807) is 13.8 Å². The Bertz CT molecular complexity index is 552. The number of primary sulfonamides is 1. The molecule has 0 aliphatic carbocycles. The molecule has 1 rings (SSSR count). The van der Waals surface area contributed by atoms with Crippen LogP contribution in [-0.2, 0) is 14.8 Å². The van der Waals surface area contributed by atoms with Crippen molar-refractivity contribution in [3.63, 3.8) is 0 Å². The van der Waals surface area contributed by atoms with E-state index in [1.165, 1.54) is 12.1 Å². The highest BCUT2D eigenvalue weighted by molar-refractivity contribution is 7.89. The van der Waals surface area contributed by atoms with Crippen LogP contribution >= 0.6 is 0 Å². The zero-order chi connectivity index (χ0) is 13.2. The Balaban J connectivity index is 3.30. The van der Waals surface area contributed by atoms with Gasteiger partial charge in [0.2, 0.25) is 15.9 Å². The fourth-order valence-electron chi connectivity index (χ4n) is 1.32. The van der Waals surface area contributed by atoms with Crippen LogP contribution in [0, 0.1) is 13.8 Å². The summed E-state index contributed by atoms with van der Waals surface area (Å²) in [4.78, 5) is 11.2. The van der Waals surface area contributed by atoms with Crippen LogP contribution in [0.5, 0.6) is 0 Å². The van der Waals surface area contributed by atoms with E-state index in [4.69, 9.17) is 10.9 Å². The van der Waals surface area contributed by atoms with Gasteiger partial charge in [-0.2, -0.15) is 0 Å². The lowest BCUT2D eigenvalue weighted by Gasteiger charge is -2.12. The Hall–Kier alpha value is -1.44. The van der Waals surface area contributed by atoms with Gasteiger partial charge in [-0.05, 0) is 37.1 Å². The van der Waals surface area contributed by atoms with Gasteiger partial charge < -0.3 is 11.1 Å². The predicted molar refractivity (Wildman–Crippen MR) is 65.0 cm³/mol. The van der Waals surface area contributed by atoms with Gasteiger partial charge in [0.1, 0.15) is 0 Å². The third-order valence-corrected chi connectivity index (χ3v) is 3.32. The van der Waals surface area contributed by atoms with E-state index in [-0.39, 0.29) is 17.3 Å². The van der Waals surface area contributed by atoms with Crippen LogP contribution < -0.4 is 16.2 Å². The van der Waals surface area contributed by atoms with Gasteiger partial charge in [0.05, 0.1) is 11.4 Å². The standard InChI is InChI=1S/C10H15N3O3S/c1-6-3-8(17(12,15)16)4-9(7(6)2)13-10(14)5-11/h3-4H,5,11H2,1-2H3,(H,13,14)(H2,12,15,16). The molecule has 0 aliphatic rings. The SMILES string of the molecule is Cc1cc(S(N)(=O)=O)cc(NC(=O)CN)c1C. The van der Waals surface area contributed by atoms with Crippen molar-refractivity contribution >= 4 is 21.6 Å². The molecule has 0 saturated heterocycles. The van der Waals surface area contributed by atoms with Crippen molar-refractivity contribution in [3.05, 3.63) is 23.3 Å². The summed E-state index contributed by atoms with van der Waals surface area (Å²) in [5.41, 5.74) is 7.09. The number of benzene rings is 1. The van der Waals surface area contributed by atoms with Crippen LogP contribution in [0.2, 0.25) is 0 Å². The molecule has 0 aliphatic heterocycles. The summed E-state index contributed by atoms with van der Waals surface area (Å²) in [5, 5.41) is 7.57. The normalized spacial score (nSPS) is 11.3. The number of rotatable bonds is 3. The molecule has 1 aromatic carbocycles. The third kappa shape index (κ3) is 3.26. The summed E-state index contributed by atoms with van der Waals surface area (Å²) in [5.74, 6) is -0.390. The summed E-state index contributed by atoms with van der Waals surface area (Å²) in [6.45, 7) is 3.34. The molecule has 0 atom stereocenters. The molecule has 1 amide bonds. The van der Waals surface area contributed by atoms with Crippen molar-refractivity contribution < 1.29 is 13.2 Å². The number of hydrogen-bond donors (Lipinski definition) is 3. The number of amides is 1. The Morgan fingerprint density at radius 1 is 1.35 bits per heavy atom. The number of carbonyl (C=O) groups is 1. The molecular weight excluding hydrogens is 242 g/mol. The monoisotopic (exact) mass is 257 g/mol. The number of sulfonamides is 1. The van der Waals surface area contributed by atoms with Crippen LogP contribution in [-0.4, -0.2) is 20.9 Å². The third-order valence-electron chi connectivity index (χ3n) is 2.43. The molecule has 0 radical (unpaired) electrons. The molecule has 0 bridgehead atoms. The lowest BCUT2D eigenvalue weighted by atomic mass is 10.1. The van der Waals surface area contributed by atoms with E-state index in [2.05, 4.69) is 5.32 Å². The van der Waals surface area contributed by atoms with Crippen LogP contribution in [0.15, 0.2) is 17.0 Å². The van der Waals surface area contributed by atoms with Crippen LogP contribution in [0.3, 0.4) is 0 Å². The Kier molecular flexibility index (Phi) is 3.87. The molecule has 0 spiro atoms. The first-order chi connectivity index (χ1) is 7.75. The summed E-state index contributed by atoms with van der Waals surface area (Å²) < 4.78 is 22.5. The van der Waals surface area contributed by atoms with Crippen LogP contribution in [0.4, 0.5) is 5.69 Å². The van der Waals surface area contributed by atoms with Crippen molar-refractivity contribution in [1.82, 2.24) is 0 Å². The number of hydrogen-bond acceptors (Lipinski definition) is 4. The maximum Gasteiger partial charge on any atom is 0.238 e. The van der Waals surface area contributed by atoms with Crippen molar-refractivity contribution in [3.8, 4) is 0 Å². The van der Waals surface area contributed by atoms with Crippen LogP contribution in [0.25, 0.3) is 0 Å². The van der Waals surface area contributed by atoms with Crippen LogP contribution in [0.1, 0.15) is 11.1 Å². The van der Waals surface area contributed by atoms with Gasteiger partial charge in [-0.15, -0.1) is 0 Å². The minimum atomic E-state index is -3.79. The van der Waals surface area contributed by atoms with E-state index in [0.29, 0.717) is 5.69 Å². The molecule has 6 nitrogen and oxygen atoms in total. The molecule has 0 fully saturated rings. The lowest BCUT2D eigenvalue weighted by molar-refractivity contribution is -0.114. The van der Waals surface area contributed by atoms with Crippen molar-refractivity contribution in [2.45, 2.75) is 18.7 Å². The smallest absolute Gasteiger partial charge is 0.238 e. The molecule has 1 aromatic rings. The number of anilines is 1. The fourth-order valence-corrected chi connectivity index (χ4v) is 1.94. The van der Waals surface area contributed by atoms with Gasteiger partial charge in [0.15, 0.2) is 0 Å². The van der Waals surface area contributed by atoms with E-state index in [0.717, 1.165) is 11.1 Å². The quantitative estimate of drug-likeness (QED) is 0.698. The molecule has 7 heteroatoms. The van der Waals surface area contributed by atoms with Gasteiger partial charge in [0, 0.05) is 5.69 Å². The van der Waals surface area contributed by atoms with Gasteiger partial charge >= 0.3 is 0 Å². The second-order valence-electron chi connectivity index (χ2n) is 3.71. The first-order valence-corrected chi connectivity index (χ1v) is 6.44. The number of nitrogens with one attached hydrogen (secondary N) is 1. The molecule has 0 saturated carbocycles. The van der Waals surface area contributed by atoms with E-state index < -0.39 is 10.0 Å². The predicted octanol–water partition coefficient (Wildman–Crippen LogP) is -0.152. The van der Waals surface area contributed by atoms with E-state index in [1.807, 2.05) is 0 Å². The minimum absolute atomic E-state index is 0.0343. The average Bonchev–Trinajstić information content (AvgIpc) is 2.22. The van der Waals surface area contributed by atoms with Gasteiger partial charge in [0.25, 0.3) is 0 Å². The summed E-state index contributed by atoms with van der Waals surface area (Å²) in [6, 6.07) is 2.79. The molecule has 5 N–H and O–H groups in total. The second-order valence-corrected chi connectivity index (χ2v) is 5.27. The molecule has 17 heavy (non-hydrogen) atoms. The maximum atomic E-state index is 11.2. The Morgan fingerprint density at radius 3 is 2.41 bits per heavy atom. The molecule has 0 heterocycles. The Morgan fingerprint density at radius 2 is 1.94 bits per heavy atom. The lowest BCUT2D eigenvalue weighted by Crippen LogP contribution is -2.23.